The largest absolute Gasteiger partial charge is 0.322 e. The number of aromatic nitrogens is 2. The lowest BCUT2D eigenvalue weighted by molar-refractivity contribution is 0.102. The molecule has 0 aliphatic heterocycles. The number of anilines is 1. The highest BCUT2D eigenvalue weighted by atomic mass is 35.5. The van der Waals surface area contributed by atoms with Crippen LogP contribution in [0.3, 0.4) is 0 Å². The van der Waals surface area contributed by atoms with E-state index in [1.807, 2.05) is 31.2 Å². The van der Waals surface area contributed by atoms with E-state index >= 15 is 0 Å². The van der Waals surface area contributed by atoms with Crippen molar-refractivity contribution in [3.8, 4) is 0 Å². The Labute approximate surface area is 150 Å². The molecule has 0 aliphatic rings. The SMILES string of the molecule is Cc1cccc(NC(=O)c2c(C)nn(Cc3ccc(F)cc3)c2Cl)c1. The monoisotopic (exact) mass is 357 g/mol. The van der Waals surface area contributed by atoms with E-state index in [-0.39, 0.29) is 16.9 Å². The highest BCUT2D eigenvalue weighted by Gasteiger charge is 2.20. The molecule has 0 fully saturated rings. The second-order valence-electron chi connectivity index (χ2n) is 5.86. The predicted octanol–water partition coefficient (Wildman–Crippen LogP) is 4.59. The first-order valence-electron chi connectivity index (χ1n) is 7.79. The van der Waals surface area contributed by atoms with E-state index in [9.17, 15) is 9.18 Å². The molecule has 1 amide bonds. The van der Waals surface area contributed by atoms with E-state index < -0.39 is 0 Å². The summed E-state index contributed by atoms with van der Waals surface area (Å²) in [6.45, 7) is 4.05. The number of nitrogens with one attached hydrogen (secondary N) is 1. The lowest BCUT2D eigenvalue weighted by Gasteiger charge is -2.06. The Hall–Kier alpha value is -2.66. The molecule has 0 saturated carbocycles. The van der Waals surface area contributed by atoms with Crippen molar-refractivity contribution in [1.29, 1.82) is 0 Å². The molecule has 0 spiro atoms. The summed E-state index contributed by atoms with van der Waals surface area (Å²) in [5.41, 5.74) is 3.47. The van der Waals surface area contributed by atoms with Crippen LogP contribution in [0.1, 0.15) is 27.2 Å². The van der Waals surface area contributed by atoms with E-state index in [0.717, 1.165) is 11.1 Å². The van der Waals surface area contributed by atoms with Gasteiger partial charge in [-0.25, -0.2) is 9.07 Å². The zero-order chi connectivity index (χ0) is 18.0. The van der Waals surface area contributed by atoms with Crippen molar-refractivity contribution in [2.45, 2.75) is 20.4 Å². The highest BCUT2D eigenvalue weighted by Crippen LogP contribution is 2.22. The Morgan fingerprint density at radius 1 is 1.20 bits per heavy atom. The van der Waals surface area contributed by atoms with E-state index in [2.05, 4.69) is 10.4 Å². The minimum Gasteiger partial charge on any atom is -0.322 e. The lowest BCUT2D eigenvalue weighted by Crippen LogP contribution is -2.13. The molecule has 25 heavy (non-hydrogen) atoms. The molecule has 3 aromatic rings. The van der Waals surface area contributed by atoms with Crippen molar-refractivity contribution in [3.63, 3.8) is 0 Å². The molecular formula is C19H17ClFN3O. The maximum absolute atomic E-state index is 13.0. The summed E-state index contributed by atoms with van der Waals surface area (Å²) in [6, 6.07) is 13.6. The van der Waals surface area contributed by atoms with E-state index in [1.54, 1.807) is 19.1 Å². The predicted molar refractivity (Wildman–Crippen MR) is 96.6 cm³/mol. The molecule has 0 bridgehead atoms. The second kappa shape index (κ2) is 7.07. The summed E-state index contributed by atoms with van der Waals surface area (Å²) < 4.78 is 14.5. The van der Waals surface area contributed by atoms with Gasteiger partial charge in [0.1, 0.15) is 11.0 Å². The molecule has 0 unspecified atom stereocenters. The molecule has 128 valence electrons. The first-order chi connectivity index (χ1) is 11.9. The molecule has 0 aliphatic carbocycles. The maximum Gasteiger partial charge on any atom is 0.260 e. The topological polar surface area (TPSA) is 46.9 Å². The Morgan fingerprint density at radius 3 is 2.60 bits per heavy atom. The van der Waals surface area contributed by atoms with Gasteiger partial charge in [-0.15, -0.1) is 0 Å². The smallest absolute Gasteiger partial charge is 0.260 e. The molecule has 6 heteroatoms. The van der Waals surface area contributed by atoms with Crippen molar-refractivity contribution in [3.05, 3.63) is 81.9 Å². The van der Waals surface area contributed by atoms with Gasteiger partial charge in [0.2, 0.25) is 0 Å². The fourth-order valence-corrected chi connectivity index (χ4v) is 2.92. The molecule has 1 heterocycles. The van der Waals surface area contributed by atoms with Gasteiger partial charge in [-0.2, -0.15) is 5.10 Å². The standard InChI is InChI=1S/C19H17ClFN3O/c1-12-4-3-5-16(10-12)22-19(25)17-13(2)23-24(18(17)20)11-14-6-8-15(21)9-7-14/h3-10H,11H2,1-2H3,(H,22,25). The second-order valence-corrected chi connectivity index (χ2v) is 6.22. The number of carbonyl (C=O) groups is 1. The Bertz CT molecular complexity index is 919. The number of nitrogens with zero attached hydrogens (tertiary/aromatic N) is 2. The third kappa shape index (κ3) is 3.88. The molecule has 1 N–H and O–H groups in total. The number of rotatable bonds is 4. The number of benzene rings is 2. The summed E-state index contributed by atoms with van der Waals surface area (Å²) in [5.74, 6) is -0.608. The van der Waals surface area contributed by atoms with Gasteiger partial charge < -0.3 is 5.32 Å². The van der Waals surface area contributed by atoms with Gasteiger partial charge in [-0.1, -0.05) is 35.9 Å². The lowest BCUT2D eigenvalue weighted by atomic mass is 10.2. The van der Waals surface area contributed by atoms with Gasteiger partial charge in [-0.3, -0.25) is 4.79 Å². The number of amides is 1. The average molecular weight is 358 g/mol. The minimum absolute atomic E-state index is 0.256. The minimum atomic E-state index is -0.307. The van der Waals surface area contributed by atoms with Crippen LogP contribution in [-0.4, -0.2) is 15.7 Å². The normalized spacial score (nSPS) is 10.7. The molecule has 4 nitrogen and oxygen atoms in total. The van der Waals surface area contributed by atoms with Gasteiger partial charge in [0.25, 0.3) is 5.91 Å². The summed E-state index contributed by atoms with van der Waals surface area (Å²) in [7, 11) is 0. The molecule has 3 rings (SSSR count). The van der Waals surface area contributed by atoms with Crippen molar-refractivity contribution < 1.29 is 9.18 Å². The molecule has 0 atom stereocenters. The van der Waals surface area contributed by atoms with E-state index in [1.165, 1.54) is 16.8 Å². The zero-order valence-electron chi connectivity index (χ0n) is 13.9. The summed E-state index contributed by atoms with van der Waals surface area (Å²) in [4.78, 5) is 12.6. The summed E-state index contributed by atoms with van der Waals surface area (Å²) in [5, 5.41) is 7.43. The maximum atomic E-state index is 13.0. The van der Waals surface area contributed by atoms with Crippen molar-refractivity contribution in [2.75, 3.05) is 5.32 Å². The Balaban J connectivity index is 1.83. The van der Waals surface area contributed by atoms with Gasteiger partial charge >= 0.3 is 0 Å². The molecule has 2 aromatic carbocycles. The number of halogens is 2. The van der Waals surface area contributed by atoms with E-state index in [4.69, 9.17) is 11.6 Å². The average Bonchev–Trinajstić information content (AvgIpc) is 2.83. The van der Waals surface area contributed by atoms with Crippen molar-refractivity contribution in [1.82, 2.24) is 9.78 Å². The van der Waals surface area contributed by atoms with Gasteiger partial charge in [-0.05, 0) is 49.2 Å². The Morgan fingerprint density at radius 2 is 1.92 bits per heavy atom. The van der Waals surface area contributed by atoms with Crippen LogP contribution >= 0.6 is 11.6 Å². The number of aryl methyl sites for hydroxylation is 2. The number of hydrogen-bond acceptors (Lipinski definition) is 2. The fourth-order valence-electron chi connectivity index (χ4n) is 2.60. The van der Waals surface area contributed by atoms with Crippen LogP contribution in [-0.2, 0) is 6.54 Å². The molecular weight excluding hydrogens is 341 g/mol. The van der Waals surface area contributed by atoms with Crippen molar-refractivity contribution >= 4 is 23.2 Å². The first-order valence-corrected chi connectivity index (χ1v) is 8.17. The van der Waals surface area contributed by atoms with Crippen LogP contribution in [0.2, 0.25) is 5.15 Å². The molecule has 0 saturated heterocycles. The fraction of sp³-hybridized carbons (Fsp3) is 0.158. The van der Waals surface area contributed by atoms with Crippen LogP contribution < -0.4 is 5.32 Å². The van der Waals surface area contributed by atoms with Gasteiger partial charge in [0.05, 0.1) is 17.8 Å². The zero-order valence-corrected chi connectivity index (χ0v) is 14.6. The van der Waals surface area contributed by atoms with Crippen LogP contribution in [0.25, 0.3) is 0 Å². The van der Waals surface area contributed by atoms with Crippen LogP contribution in [0.5, 0.6) is 0 Å². The quantitative estimate of drug-likeness (QED) is 0.742. The van der Waals surface area contributed by atoms with Gasteiger partial charge in [0, 0.05) is 5.69 Å². The van der Waals surface area contributed by atoms with Gasteiger partial charge in [0.15, 0.2) is 0 Å². The Kier molecular flexibility index (Phi) is 4.86. The van der Waals surface area contributed by atoms with Crippen LogP contribution in [0.4, 0.5) is 10.1 Å². The third-order valence-corrected chi connectivity index (χ3v) is 4.20. The summed E-state index contributed by atoms with van der Waals surface area (Å²) >= 11 is 6.37. The highest BCUT2D eigenvalue weighted by molar-refractivity contribution is 6.33. The number of hydrogen-bond donors (Lipinski definition) is 1. The van der Waals surface area contributed by atoms with Crippen LogP contribution in [0.15, 0.2) is 48.5 Å². The van der Waals surface area contributed by atoms with Crippen LogP contribution in [0, 0.1) is 19.7 Å². The third-order valence-electron chi connectivity index (χ3n) is 3.81. The summed E-state index contributed by atoms with van der Waals surface area (Å²) in [6.07, 6.45) is 0. The number of carbonyl (C=O) groups excluding carboxylic acids is 1. The van der Waals surface area contributed by atoms with E-state index in [0.29, 0.717) is 23.5 Å². The van der Waals surface area contributed by atoms with Crippen molar-refractivity contribution in [2.24, 2.45) is 0 Å². The molecule has 0 radical (unpaired) electrons. The first kappa shape index (κ1) is 17.2. The molecule has 1 aromatic heterocycles.